The Morgan fingerprint density at radius 2 is 1.78 bits per heavy atom. The normalized spacial score (nSPS) is 19.7. The van der Waals surface area contributed by atoms with Gasteiger partial charge in [0.25, 0.3) is 0 Å². The van der Waals surface area contributed by atoms with Gasteiger partial charge in [0.2, 0.25) is 0 Å². The highest BCUT2D eigenvalue weighted by Gasteiger charge is 2.24. The van der Waals surface area contributed by atoms with Crippen molar-refractivity contribution in [1.82, 2.24) is 0 Å². The lowest BCUT2D eigenvalue weighted by Gasteiger charge is -2.28. The van der Waals surface area contributed by atoms with Crippen LogP contribution < -0.4 is 0 Å². The fourth-order valence-corrected chi connectivity index (χ4v) is 3.55. The monoisotopic (exact) mass is 370 g/mol. The predicted molar refractivity (Wildman–Crippen MR) is 108 cm³/mol. The van der Waals surface area contributed by atoms with Crippen LogP contribution >= 0.6 is 0 Å². The minimum Gasteiger partial charge on any atom is -0.478 e. The standard InChI is InChI=1S/C23H30O4/c1-2-3-4-5-6-7-18-10-15-21(16-11-18)27-23(26)20-13-8-19(9-14-20)12-17-22(24)25/h2,8-9,12-14,17-18,21H,1,3-7,10-11,15-16H2,(H,24,25). The Labute approximate surface area is 161 Å². The zero-order chi connectivity index (χ0) is 19.5. The van der Waals surface area contributed by atoms with Gasteiger partial charge < -0.3 is 9.84 Å². The zero-order valence-electron chi connectivity index (χ0n) is 15.9. The maximum atomic E-state index is 12.3. The first kappa shape index (κ1) is 20.9. The average Bonchev–Trinajstić information content (AvgIpc) is 2.68. The summed E-state index contributed by atoms with van der Waals surface area (Å²) in [7, 11) is 0. The highest BCUT2D eigenvalue weighted by Crippen LogP contribution is 2.30. The Balaban J connectivity index is 1.71. The Morgan fingerprint density at radius 3 is 2.41 bits per heavy atom. The summed E-state index contributed by atoms with van der Waals surface area (Å²) in [5, 5.41) is 8.64. The van der Waals surface area contributed by atoms with Gasteiger partial charge in [-0.1, -0.05) is 37.5 Å². The Kier molecular flexibility index (Phi) is 8.82. The third kappa shape index (κ3) is 7.81. The smallest absolute Gasteiger partial charge is 0.338 e. The lowest BCUT2D eigenvalue weighted by atomic mass is 9.84. The highest BCUT2D eigenvalue weighted by atomic mass is 16.5. The third-order valence-corrected chi connectivity index (χ3v) is 5.15. The molecule has 1 saturated carbocycles. The van der Waals surface area contributed by atoms with E-state index in [-0.39, 0.29) is 12.1 Å². The quantitative estimate of drug-likeness (QED) is 0.251. The molecule has 4 nitrogen and oxygen atoms in total. The summed E-state index contributed by atoms with van der Waals surface area (Å²) < 4.78 is 5.66. The number of allylic oxidation sites excluding steroid dienone is 1. The fraction of sp³-hybridized carbons (Fsp3) is 0.478. The second-order valence-electron chi connectivity index (χ2n) is 7.27. The van der Waals surface area contributed by atoms with Gasteiger partial charge in [0, 0.05) is 6.08 Å². The number of hydrogen-bond donors (Lipinski definition) is 1. The number of rotatable bonds is 10. The van der Waals surface area contributed by atoms with E-state index in [9.17, 15) is 9.59 Å². The van der Waals surface area contributed by atoms with Crippen LogP contribution in [0.25, 0.3) is 6.08 Å². The molecule has 0 amide bonds. The van der Waals surface area contributed by atoms with E-state index >= 15 is 0 Å². The molecule has 1 aromatic rings. The van der Waals surface area contributed by atoms with E-state index < -0.39 is 5.97 Å². The zero-order valence-corrected chi connectivity index (χ0v) is 15.9. The highest BCUT2D eigenvalue weighted by molar-refractivity contribution is 5.90. The number of unbranched alkanes of at least 4 members (excludes halogenated alkanes) is 3. The van der Waals surface area contributed by atoms with Crippen LogP contribution in [0.5, 0.6) is 0 Å². The second-order valence-corrected chi connectivity index (χ2v) is 7.27. The molecule has 1 fully saturated rings. The van der Waals surface area contributed by atoms with Gasteiger partial charge in [-0.15, -0.1) is 6.58 Å². The van der Waals surface area contributed by atoms with Crippen molar-refractivity contribution in [2.24, 2.45) is 5.92 Å². The number of carbonyl (C=O) groups is 2. The summed E-state index contributed by atoms with van der Waals surface area (Å²) in [5.74, 6) is -0.522. The van der Waals surface area contributed by atoms with Crippen molar-refractivity contribution in [3.05, 3.63) is 54.1 Å². The number of carboxylic acid groups (broad SMARTS) is 1. The third-order valence-electron chi connectivity index (χ3n) is 5.15. The molecule has 0 radical (unpaired) electrons. The first-order valence-electron chi connectivity index (χ1n) is 9.91. The van der Waals surface area contributed by atoms with Gasteiger partial charge in [0.15, 0.2) is 0 Å². The lowest BCUT2D eigenvalue weighted by Crippen LogP contribution is -2.24. The average molecular weight is 370 g/mol. The molecular weight excluding hydrogens is 340 g/mol. The molecule has 1 aromatic carbocycles. The van der Waals surface area contributed by atoms with Gasteiger partial charge in [-0.3, -0.25) is 0 Å². The van der Waals surface area contributed by atoms with Crippen LogP contribution in [0.4, 0.5) is 0 Å². The molecule has 0 spiro atoms. The molecule has 4 heteroatoms. The maximum Gasteiger partial charge on any atom is 0.338 e. The van der Waals surface area contributed by atoms with Gasteiger partial charge >= 0.3 is 11.9 Å². The molecule has 0 saturated heterocycles. The Hall–Kier alpha value is -2.36. The second kappa shape index (κ2) is 11.4. The molecular formula is C23H30O4. The summed E-state index contributed by atoms with van der Waals surface area (Å²) in [4.78, 5) is 22.8. The molecule has 0 aromatic heterocycles. The molecule has 1 aliphatic carbocycles. The molecule has 0 heterocycles. The minimum atomic E-state index is -0.995. The van der Waals surface area contributed by atoms with E-state index in [1.165, 1.54) is 31.8 Å². The van der Waals surface area contributed by atoms with Crippen LogP contribution in [-0.4, -0.2) is 23.1 Å². The van der Waals surface area contributed by atoms with Crippen molar-refractivity contribution in [2.45, 2.75) is 63.9 Å². The van der Waals surface area contributed by atoms with Crippen molar-refractivity contribution >= 4 is 18.0 Å². The first-order chi connectivity index (χ1) is 13.1. The van der Waals surface area contributed by atoms with E-state index in [1.54, 1.807) is 24.3 Å². The molecule has 146 valence electrons. The number of aliphatic carboxylic acids is 1. The molecule has 0 bridgehead atoms. The van der Waals surface area contributed by atoms with Crippen LogP contribution in [0.2, 0.25) is 0 Å². The summed E-state index contributed by atoms with van der Waals surface area (Å²) in [6.07, 6.45) is 14.9. The molecule has 1 N–H and O–H groups in total. The lowest BCUT2D eigenvalue weighted by molar-refractivity contribution is -0.131. The van der Waals surface area contributed by atoms with Crippen LogP contribution in [0, 0.1) is 5.92 Å². The van der Waals surface area contributed by atoms with Crippen molar-refractivity contribution in [3.63, 3.8) is 0 Å². The van der Waals surface area contributed by atoms with E-state index in [0.717, 1.165) is 49.7 Å². The van der Waals surface area contributed by atoms with E-state index in [0.29, 0.717) is 5.56 Å². The number of carboxylic acids is 1. The Morgan fingerprint density at radius 1 is 1.07 bits per heavy atom. The maximum absolute atomic E-state index is 12.3. The van der Waals surface area contributed by atoms with Gasteiger partial charge in [-0.25, -0.2) is 9.59 Å². The summed E-state index contributed by atoms with van der Waals surface area (Å²) in [6.45, 7) is 3.75. The van der Waals surface area contributed by atoms with Crippen LogP contribution in [-0.2, 0) is 9.53 Å². The number of ether oxygens (including phenoxy) is 1. The Bertz CT molecular complexity index is 637. The van der Waals surface area contributed by atoms with Crippen LogP contribution in [0.15, 0.2) is 43.0 Å². The predicted octanol–water partition coefficient (Wildman–Crippen LogP) is 5.64. The molecule has 0 unspecified atom stereocenters. The van der Waals surface area contributed by atoms with Crippen molar-refractivity contribution in [1.29, 1.82) is 0 Å². The minimum absolute atomic E-state index is 0.0149. The van der Waals surface area contributed by atoms with E-state index in [2.05, 4.69) is 6.58 Å². The molecule has 0 atom stereocenters. The molecule has 0 aliphatic heterocycles. The van der Waals surface area contributed by atoms with E-state index in [1.807, 2.05) is 6.08 Å². The first-order valence-corrected chi connectivity index (χ1v) is 9.91. The number of carbonyl (C=O) groups excluding carboxylic acids is 1. The summed E-state index contributed by atoms with van der Waals surface area (Å²) in [5.41, 5.74) is 1.24. The van der Waals surface area contributed by atoms with Crippen molar-refractivity contribution in [3.8, 4) is 0 Å². The number of benzene rings is 1. The number of esters is 1. The van der Waals surface area contributed by atoms with E-state index in [4.69, 9.17) is 9.84 Å². The molecule has 1 aliphatic rings. The van der Waals surface area contributed by atoms with Gasteiger partial charge in [0.05, 0.1) is 5.56 Å². The van der Waals surface area contributed by atoms with Crippen LogP contribution in [0.1, 0.15) is 73.7 Å². The number of hydrogen-bond acceptors (Lipinski definition) is 3. The van der Waals surface area contributed by atoms with Gasteiger partial charge in [0.1, 0.15) is 6.10 Å². The SMILES string of the molecule is C=CCCCCCC1CCC(OC(=O)c2ccc(C=CC(=O)O)cc2)CC1. The molecule has 27 heavy (non-hydrogen) atoms. The van der Waals surface area contributed by atoms with Gasteiger partial charge in [-0.2, -0.15) is 0 Å². The van der Waals surface area contributed by atoms with Gasteiger partial charge in [-0.05, 0) is 68.2 Å². The summed E-state index contributed by atoms with van der Waals surface area (Å²) in [6, 6.07) is 6.80. The fourth-order valence-electron chi connectivity index (χ4n) is 3.55. The largest absolute Gasteiger partial charge is 0.478 e. The topological polar surface area (TPSA) is 63.6 Å². The summed E-state index contributed by atoms with van der Waals surface area (Å²) >= 11 is 0. The van der Waals surface area contributed by atoms with Crippen molar-refractivity contribution in [2.75, 3.05) is 0 Å². The van der Waals surface area contributed by atoms with Crippen LogP contribution in [0.3, 0.4) is 0 Å². The van der Waals surface area contributed by atoms with Crippen molar-refractivity contribution < 1.29 is 19.4 Å². The molecule has 2 rings (SSSR count).